The van der Waals surface area contributed by atoms with Gasteiger partial charge in [-0.2, -0.15) is 13.2 Å². The van der Waals surface area contributed by atoms with Gasteiger partial charge in [-0.1, -0.05) is 30.1 Å². The van der Waals surface area contributed by atoms with E-state index in [1.54, 1.807) is 6.92 Å². The van der Waals surface area contributed by atoms with Crippen LogP contribution in [0.15, 0.2) is 12.1 Å². The van der Waals surface area contributed by atoms with Crippen molar-refractivity contribution in [3.8, 4) is 5.75 Å². The lowest BCUT2D eigenvalue weighted by molar-refractivity contribution is -0.140. The Morgan fingerprint density at radius 1 is 1.26 bits per heavy atom. The van der Waals surface area contributed by atoms with Gasteiger partial charge in [0.15, 0.2) is 0 Å². The van der Waals surface area contributed by atoms with Gasteiger partial charge >= 0.3 is 6.18 Å². The Labute approximate surface area is 119 Å². The monoisotopic (exact) mass is 315 g/mol. The third kappa shape index (κ3) is 4.75. The molecule has 0 saturated carbocycles. The van der Waals surface area contributed by atoms with E-state index in [2.05, 4.69) is 5.32 Å². The average molecular weight is 316 g/mol. The Balaban J connectivity index is 3.12. The van der Waals surface area contributed by atoms with Gasteiger partial charge < -0.3 is 10.1 Å². The Hall–Kier alpha value is -0.650. The zero-order valence-corrected chi connectivity index (χ0v) is 12.0. The highest BCUT2D eigenvalue weighted by molar-refractivity contribution is 6.34. The van der Waals surface area contributed by atoms with Crippen LogP contribution in [0.3, 0.4) is 0 Å². The second-order valence-electron chi connectivity index (χ2n) is 3.94. The standard InChI is InChI=1S/C12H14Cl2F3NO/c1-3-18-10(6-12(15,16)17)7-4-9(14)11(19-2)5-8(7)13/h4-5,10,18H,3,6H2,1-2H3. The van der Waals surface area contributed by atoms with Gasteiger partial charge in [-0.3, -0.25) is 0 Å². The van der Waals surface area contributed by atoms with E-state index in [0.717, 1.165) is 0 Å². The first-order chi connectivity index (χ1) is 8.78. The molecule has 0 aromatic heterocycles. The third-order valence-electron chi connectivity index (χ3n) is 2.53. The van der Waals surface area contributed by atoms with Crippen molar-refractivity contribution in [3.63, 3.8) is 0 Å². The van der Waals surface area contributed by atoms with E-state index >= 15 is 0 Å². The van der Waals surface area contributed by atoms with Crippen LogP contribution in [-0.2, 0) is 0 Å². The highest BCUT2D eigenvalue weighted by Gasteiger charge is 2.33. The van der Waals surface area contributed by atoms with Crippen LogP contribution < -0.4 is 10.1 Å². The fraction of sp³-hybridized carbons (Fsp3) is 0.500. The second kappa shape index (κ2) is 6.68. The van der Waals surface area contributed by atoms with Gasteiger partial charge in [-0.25, -0.2) is 0 Å². The topological polar surface area (TPSA) is 21.3 Å². The van der Waals surface area contributed by atoms with E-state index in [9.17, 15) is 13.2 Å². The van der Waals surface area contributed by atoms with E-state index in [1.165, 1.54) is 19.2 Å². The SMILES string of the molecule is CCNC(CC(F)(F)F)c1cc(Cl)c(OC)cc1Cl. The van der Waals surface area contributed by atoms with Gasteiger partial charge in [0.05, 0.1) is 18.6 Å². The normalized spacial score (nSPS) is 13.4. The molecule has 0 bridgehead atoms. The third-order valence-corrected chi connectivity index (χ3v) is 3.16. The summed E-state index contributed by atoms with van der Waals surface area (Å²) in [5, 5.41) is 3.18. The number of halogens is 5. The Morgan fingerprint density at radius 2 is 1.89 bits per heavy atom. The summed E-state index contributed by atoms with van der Waals surface area (Å²) in [7, 11) is 1.41. The number of benzene rings is 1. The van der Waals surface area contributed by atoms with Crippen LogP contribution in [0, 0.1) is 0 Å². The molecular formula is C12H14Cl2F3NO. The molecule has 7 heteroatoms. The molecule has 0 fully saturated rings. The highest BCUT2D eigenvalue weighted by atomic mass is 35.5. The zero-order chi connectivity index (χ0) is 14.6. The van der Waals surface area contributed by atoms with Gasteiger partial charge in [-0.15, -0.1) is 0 Å². The van der Waals surface area contributed by atoms with E-state index in [4.69, 9.17) is 27.9 Å². The van der Waals surface area contributed by atoms with Crippen LogP contribution in [0.1, 0.15) is 24.9 Å². The predicted molar refractivity (Wildman–Crippen MR) is 70.1 cm³/mol. The van der Waals surface area contributed by atoms with E-state index in [-0.39, 0.29) is 10.0 Å². The summed E-state index contributed by atoms with van der Waals surface area (Å²) in [5.41, 5.74) is 0.312. The molecule has 0 aliphatic rings. The van der Waals surface area contributed by atoms with Gasteiger partial charge in [0.2, 0.25) is 0 Å². The van der Waals surface area contributed by atoms with Crippen molar-refractivity contribution < 1.29 is 17.9 Å². The molecule has 0 heterocycles. The van der Waals surface area contributed by atoms with Gasteiger partial charge in [0.25, 0.3) is 0 Å². The summed E-state index contributed by atoms with van der Waals surface area (Å²) in [6.07, 6.45) is -5.30. The van der Waals surface area contributed by atoms with Crippen LogP contribution in [0.2, 0.25) is 10.0 Å². The summed E-state index contributed by atoms with van der Waals surface area (Å²) in [6, 6.07) is 1.89. The number of nitrogens with one attached hydrogen (secondary N) is 1. The molecule has 1 aromatic rings. The first-order valence-electron chi connectivity index (χ1n) is 5.61. The van der Waals surface area contributed by atoms with Gasteiger partial charge in [-0.05, 0) is 18.2 Å². The largest absolute Gasteiger partial charge is 0.495 e. The van der Waals surface area contributed by atoms with Gasteiger partial charge in [0.1, 0.15) is 5.75 Å². The number of rotatable bonds is 5. The fourth-order valence-corrected chi connectivity index (χ4v) is 2.27. The molecule has 0 amide bonds. The number of hydrogen-bond acceptors (Lipinski definition) is 2. The molecule has 1 atom stereocenters. The molecule has 2 nitrogen and oxygen atoms in total. The minimum atomic E-state index is -4.29. The summed E-state index contributed by atoms with van der Waals surface area (Å²) in [6.45, 7) is 2.11. The van der Waals surface area contributed by atoms with E-state index in [1.807, 2.05) is 0 Å². The number of ether oxygens (including phenoxy) is 1. The fourth-order valence-electron chi connectivity index (χ4n) is 1.74. The zero-order valence-electron chi connectivity index (χ0n) is 10.4. The van der Waals surface area contributed by atoms with E-state index < -0.39 is 18.6 Å². The Bertz CT molecular complexity index is 438. The van der Waals surface area contributed by atoms with Crippen molar-refractivity contribution in [1.29, 1.82) is 0 Å². The second-order valence-corrected chi connectivity index (χ2v) is 4.75. The summed E-state index contributed by atoms with van der Waals surface area (Å²) >= 11 is 11.9. The van der Waals surface area contributed by atoms with Crippen molar-refractivity contribution in [3.05, 3.63) is 27.7 Å². The first kappa shape index (κ1) is 16.4. The molecule has 0 spiro atoms. The van der Waals surface area contributed by atoms with Crippen LogP contribution in [0.25, 0.3) is 0 Å². The van der Waals surface area contributed by atoms with Crippen molar-refractivity contribution in [2.45, 2.75) is 25.6 Å². The minimum Gasteiger partial charge on any atom is -0.495 e. The molecule has 1 aromatic carbocycles. The molecule has 0 aliphatic carbocycles. The predicted octanol–water partition coefficient (Wildman–Crippen LogP) is 4.61. The van der Waals surface area contributed by atoms with Crippen LogP contribution in [-0.4, -0.2) is 19.8 Å². The summed E-state index contributed by atoms with van der Waals surface area (Å²) in [5.74, 6) is 0.331. The number of alkyl halides is 3. The van der Waals surface area contributed by atoms with Gasteiger partial charge in [0, 0.05) is 17.1 Å². The molecule has 1 rings (SSSR count). The highest BCUT2D eigenvalue weighted by Crippen LogP contribution is 2.37. The minimum absolute atomic E-state index is 0.191. The Morgan fingerprint density at radius 3 is 2.37 bits per heavy atom. The molecular weight excluding hydrogens is 302 g/mol. The number of methoxy groups -OCH3 is 1. The molecule has 108 valence electrons. The maximum Gasteiger partial charge on any atom is 0.390 e. The lowest BCUT2D eigenvalue weighted by atomic mass is 10.0. The average Bonchev–Trinajstić information content (AvgIpc) is 2.29. The van der Waals surface area contributed by atoms with Crippen LogP contribution >= 0.6 is 23.2 Å². The maximum atomic E-state index is 12.6. The molecule has 1 unspecified atom stereocenters. The van der Waals surface area contributed by atoms with Crippen LogP contribution in [0.4, 0.5) is 13.2 Å². The van der Waals surface area contributed by atoms with Crippen molar-refractivity contribution in [1.82, 2.24) is 5.32 Å². The Kier molecular flexibility index (Phi) is 5.77. The molecule has 19 heavy (non-hydrogen) atoms. The quantitative estimate of drug-likeness (QED) is 0.857. The molecule has 0 aliphatic heterocycles. The van der Waals surface area contributed by atoms with Crippen LogP contribution in [0.5, 0.6) is 5.75 Å². The van der Waals surface area contributed by atoms with E-state index in [0.29, 0.717) is 17.9 Å². The van der Waals surface area contributed by atoms with Crippen molar-refractivity contribution >= 4 is 23.2 Å². The smallest absolute Gasteiger partial charge is 0.390 e. The lowest BCUT2D eigenvalue weighted by Crippen LogP contribution is -2.26. The van der Waals surface area contributed by atoms with Crippen molar-refractivity contribution in [2.75, 3.05) is 13.7 Å². The first-order valence-corrected chi connectivity index (χ1v) is 6.37. The molecule has 0 radical (unpaired) electrons. The van der Waals surface area contributed by atoms with Crippen molar-refractivity contribution in [2.24, 2.45) is 0 Å². The maximum absolute atomic E-state index is 12.6. The summed E-state index contributed by atoms with van der Waals surface area (Å²) in [4.78, 5) is 0. The molecule has 0 saturated heterocycles. The summed E-state index contributed by atoms with van der Waals surface area (Å²) < 4.78 is 42.6. The lowest BCUT2D eigenvalue weighted by Gasteiger charge is -2.21. The molecule has 1 N–H and O–H groups in total. The number of hydrogen-bond donors (Lipinski definition) is 1.